The molecule has 2 aromatic heterocycles. The van der Waals surface area contributed by atoms with Gasteiger partial charge in [0.05, 0.1) is 0 Å². The van der Waals surface area contributed by atoms with Gasteiger partial charge in [0.15, 0.2) is 11.5 Å². The molecule has 15 heavy (non-hydrogen) atoms. The molecule has 2 rings (SSSR count). The third-order valence-corrected chi connectivity index (χ3v) is 2.07. The molecule has 0 saturated heterocycles. The van der Waals surface area contributed by atoms with Crippen LogP contribution in [0.25, 0.3) is 11.5 Å². The van der Waals surface area contributed by atoms with Crippen molar-refractivity contribution in [1.82, 2.24) is 20.0 Å². The van der Waals surface area contributed by atoms with E-state index in [4.69, 9.17) is 27.3 Å². The number of H-pyrrole nitrogens is 1. The van der Waals surface area contributed by atoms with Crippen molar-refractivity contribution in [3.63, 3.8) is 0 Å². The molecule has 0 aliphatic carbocycles. The van der Waals surface area contributed by atoms with Crippen LogP contribution in [0.5, 0.6) is 0 Å². The van der Waals surface area contributed by atoms with Crippen LogP contribution >= 0.6 is 12.2 Å². The first-order valence-electron chi connectivity index (χ1n) is 4.09. The summed E-state index contributed by atoms with van der Waals surface area (Å²) < 4.78 is 11.4. The number of nitrogen functional groups attached to an aromatic ring is 1. The molecule has 0 aliphatic heterocycles. The van der Waals surface area contributed by atoms with Gasteiger partial charge >= 0.3 is 0 Å². The molecule has 2 heterocycles. The molecule has 0 unspecified atom stereocenters. The lowest BCUT2D eigenvalue weighted by Crippen LogP contribution is -2.09. The molecule has 7 nitrogen and oxygen atoms in total. The Kier molecular flexibility index (Phi) is 2.52. The minimum atomic E-state index is 0.321. The second-order valence-electron chi connectivity index (χ2n) is 2.83. The van der Waals surface area contributed by atoms with E-state index in [-0.39, 0.29) is 0 Å². The van der Waals surface area contributed by atoms with Crippen molar-refractivity contribution < 1.29 is 9.26 Å². The van der Waals surface area contributed by atoms with Gasteiger partial charge < -0.3 is 15.1 Å². The predicted molar refractivity (Wildman–Crippen MR) is 53.8 cm³/mol. The Bertz CT molecular complexity index is 513. The van der Waals surface area contributed by atoms with Gasteiger partial charge in [0.1, 0.15) is 6.61 Å². The van der Waals surface area contributed by atoms with E-state index in [1.807, 2.05) is 0 Å². The topological polar surface area (TPSA) is 94.9 Å². The summed E-state index contributed by atoms with van der Waals surface area (Å²) in [5, 5.41) is 10.3. The molecule has 0 amide bonds. The zero-order chi connectivity index (χ0) is 10.8. The smallest absolute Gasteiger partial charge is 0.214 e. The summed E-state index contributed by atoms with van der Waals surface area (Å²) in [7, 11) is 1.57. The summed E-state index contributed by atoms with van der Waals surface area (Å²) >= 11 is 4.87. The van der Waals surface area contributed by atoms with Crippen molar-refractivity contribution in [2.24, 2.45) is 0 Å². The first-order valence-corrected chi connectivity index (χ1v) is 4.50. The minimum Gasteiger partial charge on any atom is -0.377 e. The van der Waals surface area contributed by atoms with Gasteiger partial charge in [-0.1, -0.05) is 5.16 Å². The highest BCUT2D eigenvalue weighted by atomic mass is 32.1. The summed E-state index contributed by atoms with van der Waals surface area (Å²) in [5.41, 5.74) is 0.511. The second kappa shape index (κ2) is 3.83. The van der Waals surface area contributed by atoms with Crippen LogP contribution in [-0.2, 0) is 11.3 Å². The lowest BCUT2D eigenvalue weighted by molar-refractivity contribution is 0.156. The highest BCUT2D eigenvalue weighted by molar-refractivity contribution is 7.71. The molecule has 0 radical (unpaired) electrons. The lowest BCUT2D eigenvalue weighted by Gasteiger charge is -1.92. The number of nitrogens with one attached hydrogen (secondary N) is 1. The fourth-order valence-electron chi connectivity index (χ4n) is 1.11. The fraction of sp³-hybridized carbons (Fsp3) is 0.286. The van der Waals surface area contributed by atoms with E-state index in [0.717, 1.165) is 0 Å². The van der Waals surface area contributed by atoms with E-state index in [9.17, 15) is 0 Å². The molecule has 8 heteroatoms. The molecule has 0 atom stereocenters. The monoisotopic (exact) mass is 227 g/mol. The third kappa shape index (κ3) is 1.76. The standard InChI is InChI=1S/C7H9N5O2S/c1-13-3-4-2-5(11-14-4)6-9-10-7(15)12(6)8/h2H,3,8H2,1H3,(H,10,15). The highest BCUT2D eigenvalue weighted by Crippen LogP contribution is 2.15. The number of hydrogen-bond donors (Lipinski definition) is 2. The number of methoxy groups -OCH3 is 1. The number of hydrogen-bond acceptors (Lipinski definition) is 6. The van der Waals surface area contributed by atoms with Crippen LogP contribution in [0, 0.1) is 4.77 Å². The Balaban J connectivity index is 2.37. The van der Waals surface area contributed by atoms with Gasteiger partial charge in [0, 0.05) is 13.2 Å². The Morgan fingerprint density at radius 3 is 3.13 bits per heavy atom. The molecule has 0 aliphatic rings. The van der Waals surface area contributed by atoms with Gasteiger partial charge in [-0.15, -0.1) is 0 Å². The molecule has 2 aromatic rings. The van der Waals surface area contributed by atoms with Gasteiger partial charge in [-0.2, -0.15) is 5.10 Å². The van der Waals surface area contributed by atoms with Gasteiger partial charge in [-0.05, 0) is 12.2 Å². The van der Waals surface area contributed by atoms with Crippen molar-refractivity contribution >= 4 is 12.2 Å². The van der Waals surface area contributed by atoms with Crippen LogP contribution in [0.3, 0.4) is 0 Å². The fourth-order valence-corrected chi connectivity index (χ4v) is 1.25. The van der Waals surface area contributed by atoms with E-state index in [1.165, 1.54) is 4.68 Å². The molecular formula is C7H9N5O2S. The number of aromatic nitrogens is 4. The third-order valence-electron chi connectivity index (χ3n) is 1.78. The van der Waals surface area contributed by atoms with E-state index < -0.39 is 0 Å². The van der Waals surface area contributed by atoms with Crippen molar-refractivity contribution in [3.05, 3.63) is 16.6 Å². The van der Waals surface area contributed by atoms with Gasteiger partial charge in [0.2, 0.25) is 10.6 Å². The maximum absolute atomic E-state index is 5.62. The quantitative estimate of drug-likeness (QED) is 0.584. The molecule has 0 spiro atoms. The zero-order valence-corrected chi connectivity index (χ0v) is 8.74. The van der Waals surface area contributed by atoms with Crippen molar-refractivity contribution in [1.29, 1.82) is 0 Å². The largest absolute Gasteiger partial charge is 0.377 e. The first kappa shape index (κ1) is 9.87. The maximum Gasteiger partial charge on any atom is 0.214 e. The summed E-state index contributed by atoms with van der Waals surface area (Å²) in [5.74, 6) is 6.64. The van der Waals surface area contributed by atoms with Crippen LogP contribution in [0.15, 0.2) is 10.6 Å². The molecule has 0 saturated carbocycles. The Labute approximate surface area is 89.8 Å². The van der Waals surface area contributed by atoms with Gasteiger partial charge in [-0.3, -0.25) is 0 Å². The van der Waals surface area contributed by atoms with Crippen LogP contribution in [0.2, 0.25) is 0 Å². The lowest BCUT2D eigenvalue weighted by atomic mass is 10.3. The number of nitrogens with two attached hydrogens (primary N) is 1. The Morgan fingerprint density at radius 2 is 2.53 bits per heavy atom. The second-order valence-corrected chi connectivity index (χ2v) is 3.22. The molecule has 80 valence electrons. The van der Waals surface area contributed by atoms with E-state index in [1.54, 1.807) is 13.2 Å². The number of rotatable bonds is 3. The van der Waals surface area contributed by atoms with Crippen LogP contribution in [-0.4, -0.2) is 27.1 Å². The van der Waals surface area contributed by atoms with Crippen molar-refractivity contribution in [3.8, 4) is 11.5 Å². The van der Waals surface area contributed by atoms with Crippen LogP contribution < -0.4 is 5.84 Å². The molecule has 0 fully saturated rings. The summed E-state index contributed by atoms with van der Waals surface area (Å²) in [4.78, 5) is 0. The van der Waals surface area contributed by atoms with E-state index in [0.29, 0.717) is 28.7 Å². The normalized spacial score (nSPS) is 10.7. The highest BCUT2D eigenvalue weighted by Gasteiger charge is 2.12. The molecule has 0 bridgehead atoms. The summed E-state index contributed by atoms with van der Waals surface area (Å²) in [6, 6.07) is 1.69. The van der Waals surface area contributed by atoms with E-state index >= 15 is 0 Å². The SMILES string of the molecule is COCc1cc(-c2n[nH]c(=S)n2N)no1. The maximum atomic E-state index is 5.62. The van der Waals surface area contributed by atoms with Crippen LogP contribution in [0.4, 0.5) is 0 Å². The predicted octanol–water partition coefficient (Wildman–Crippen LogP) is 0.456. The average molecular weight is 227 g/mol. The van der Waals surface area contributed by atoms with Gasteiger partial charge in [0.25, 0.3) is 0 Å². The van der Waals surface area contributed by atoms with E-state index in [2.05, 4.69) is 15.4 Å². The minimum absolute atomic E-state index is 0.321. The summed E-state index contributed by atoms with van der Waals surface area (Å²) in [6.07, 6.45) is 0. The Hall–Kier alpha value is -1.67. The number of ether oxygens (including phenoxy) is 1. The summed E-state index contributed by atoms with van der Waals surface area (Å²) in [6.45, 7) is 0.350. The number of nitrogens with zero attached hydrogens (tertiary/aromatic N) is 3. The first-order chi connectivity index (χ1) is 7.22. The zero-order valence-electron chi connectivity index (χ0n) is 7.93. The van der Waals surface area contributed by atoms with Crippen LogP contribution in [0.1, 0.15) is 5.76 Å². The van der Waals surface area contributed by atoms with Crippen molar-refractivity contribution in [2.75, 3.05) is 13.0 Å². The average Bonchev–Trinajstić information content (AvgIpc) is 2.77. The van der Waals surface area contributed by atoms with Crippen molar-refractivity contribution in [2.45, 2.75) is 6.61 Å². The molecule has 0 aromatic carbocycles. The Morgan fingerprint density at radius 1 is 1.73 bits per heavy atom. The van der Waals surface area contributed by atoms with Gasteiger partial charge in [-0.25, -0.2) is 9.77 Å². The molecule has 3 N–H and O–H groups in total. The molecular weight excluding hydrogens is 218 g/mol. The number of aromatic amines is 1.